The second-order valence-electron chi connectivity index (χ2n) is 10.4. The predicted molar refractivity (Wildman–Crippen MR) is 101 cm³/mol. The summed E-state index contributed by atoms with van der Waals surface area (Å²) < 4.78 is 5.08. The standard InChI is InChI=1S/C23H36O3/c1-14(21(25)26-4)18-7-8-19-17-6-5-15-13-16(24)9-11-22(15,2)20(17)10-12-23(18,19)3/h14-15,17-20H,5-13H2,1-4H3/t14?,15?,17-,18+,19-,20-,22-,23+/m0/s1. The Hall–Kier alpha value is -0.860. The number of hydrogen-bond donors (Lipinski definition) is 0. The van der Waals surface area contributed by atoms with E-state index in [1.807, 2.05) is 0 Å². The van der Waals surface area contributed by atoms with Gasteiger partial charge in [-0.15, -0.1) is 0 Å². The summed E-state index contributed by atoms with van der Waals surface area (Å²) >= 11 is 0. The van der Waals surface area contributed by atoms with E-state index < -0.39 is 0 Å². The molecule has 4 aliphatic carbocycles. The number of esters is 1. The van der Waals surface area contributed by atoms with Gasteiger partial charge in [0, 0.05) is 12.8 Å². The molecule has 3 heteroatoms. The van der Waals surface area contributed by atoms with Crippen molar-refractivity contribution >= 4 is 11.8 Å². The van der Waals surface area contributed by atoms with Gasteiger partial charge in [0.1, 0.15) is 5.78 Å². The third-order valence-electron chi connectivity index (χ3n) is 9.73. The molecule has 0 N–H and O–H groups in total. The van der Waals surface area contributed by atoms with Gasteiger partial charge in [-0.3, -0.25) is 9.59 Å². The molecule has 4 aliphatic rings. The van der Waals surface area contributed by atoms with Crippen molar-refractivity contribution < 1.29 is 14.3 Å². The first-order valence-electron chi connectivity index (χ1n) is 10.9. The van der Waals surface area contributed by atoms with Gasteiger partial charge in [0.2, 0.25) is 0 Å². The van der Waals surface area contributed by atoms with Crippen molar-refractivity contribution in [3.8, 4) is 0 Å². The van der Waals surface area contributed by atoms with E-state index in [4.69, 9.17) is 4.74 Å². The molecule has 0 aromatic carbocycles. The maximum absolute atomic E-state index is 12.2. The molecular weight excluding hydrogens is 324 g/mol. The van der Waals surface area contributed by atoms with E-state index in [0.29, 0.717) is 28.4 Å². The Morgan fingerprint density at radius 3 is 2.50 bits per heavy atom. The molecule has 0 radical (unpaired) electrons. The Labute approximate surface area is 158 Å². The monoisotopic (exact) mass is 360 g/mol. The molecule has 0 bridgehead atoms. The maximum atomic E-state index is 12.2. The second-order valence-corrected chi connectivity index (χ2v) is 10.4. The fourth-order valence-electron chi connectivity index (χ4n) is 8.26. The minimum atomic E-state index is -0.0274. The first kappa shape index (κ1) is 18.5. The average molecular weight is 361 g/mol. The number of fused-ring (bicyclic) bond motifs is 5. The van der Waals surface area contributed by atoms with Crippen LogP contribution in [-0.2, 0) is 14.3 Å². The zero-order valence-electron chi connectivity index (χ0n) is 17.1. The summed E-state index contributed by atoms with van der Waals surface area (Å²) in [5, 5.41) is 0. The molecule has 26 heavy (non-hydrogen) atoms. The van der Waals surface area contributed by atoms with Gasteiger partial charge >= 0.3 is 5.97 Å². The minimum absolute atomic E-state index is 0.0192. The average Bonchev–Trinajstić information content (AvgIpc) is 2.98. The number of ketones is 1. The molecule has 146 valence electrons. The first-order chi connectivity index (χ1) is 12.3. The summed E-state index contributed by atoms with van der Waals surface area (Å²) in [7, 11) is 1.52. The van der Waals surface area contributed by atoms with Crippen molar-refractivity contribution in [3.63, 3.8) is 0 Å². The molecule has 0 spiro atoms. The second kappa shape index (κ2) is 6.34. The molecule has 0 aliphatic heterocycles. The van der Waals surface area contributed by atoms with Crippen molar-refractivity contribution in [1.29, 1.82) is 0 Å². The summed E-state index contributed by atoms with van der Waals surface area (Å²) in [6.45, 7) is 7.07. The highest BCUT2D eigenvalue weighted by atomic mass is 16.5. The predicted octanol–water partition coefficient (Wildman–Crippen LogP) is 5.02. The Morgan fingerprint density at radius 2 is 1.77 bits per heavy atom. The Bertz CT molecular complexity index is 598. The van der Waals surface area contributed by atoms with Crippen LogP contribution in [0.3, 0.4) is 0 Å². The Kier molecular flexibility index (Phi) is 4.51. The molecule has 4 rings (SSSR count). The number of Topliss-reactive ketones (excluding diaryl/α,β-unsaturated/α-hetero) is 1. The van der Waals surface area contributed by atoms with Crippen LogP contribution in [0, 0.1) is 46.3 Å². The van der Waals surface area contributed by atoms with E-state index in [0.717, 1.165) is 37.0 Å². The molecule has 4 saturated carbocycles. The lowest BCUT2D eigenvalue weighted by Crippen LogP contribution is -2.54. The Balaban J connectivity index is 1.58. The number of hydrogen-bond acceptors (Lipinski definition) is 3. The lowest BCUT2D eigenvalue weighted by atomic mass is 9.44. The van der Waals surface area contributed by atoms with E-state index in [1.165, 1.54) is 45.6 Å². The van der Waals surface area contributed by atoms with Gasteiger partial charge in [-0.1, -0.05) is 20.8 Å². The van der Waals surface area contributed by atoms with Gasteiger partial charge < -0.3 is 4.74 Å². The van der Waals surface area contributed by atoms with Gasteiger partial charge in [-0.05, 0) is 85.4 Å². The highest BCUT2D eigenvalue weighted by Gasteiger charge is 2.61. The van der Waals surface area contributed by atoms with Crippen molar-refractivity contribution in [2.45, 2.75) is 78.6 Å². The number of carbonyl (C=O) groups excluding carboxylic acids is 2. The van der Waals surface area contributed by atoms with Crippen LogP contribution in [0.5, 0.6) is 0 Å². The first-order valence-corrected chi connectivity index (χ1v) is 10.9. The SMILES string of the molecule is COC(=O)C(C)[C@H]1CC[C@H]2[C@@H]3CCC4CC(=O)CC[C@]4(C)[C@H]3CC[C@]12C. The van der Waals surface area contributed by atoms with Crippen LogP contribution in [0.15, 0.2) is 0 Å². The highest BCUT2D eigenvalue weighted by Crippen LogP contribution is 2.68. The van der Waals surface area contributed by atoms with Crippen LogP contribution >= 0.6 is 0 Å². The third-order valence-corrected chi connectivity index (χ3v) is 9.73. The molecule has 0 aromatic heterocycles. The quantitative estimate of drug-likeness (QED) is 0.649. The van der Waals surface area contributed by atoms with Crippen molar-refractivity contribution in [2.75, 3.05) is 7.11 Å². The van der Waals surface area contributed by atoms with Crippen LogP contribution in [0.1, 0.15) is 78.6 Å². The number of rotatable bonds is 2. The molecule has 8 atom stereocenters. The van der Waals surface area contributed by atoms with Gasteiger partial charge in [0.05, 0.1) is 13.0 Å². The normalized spacial score (nSPS) is 48.9. The van der Waals surface area contributed by atoms with E-state index in [2.05, 4.69) is 20.8 Å². The van der Waals surface area contributed by atoms with Crippen LogP contribution < -0.4 is 0 Å². The zero-order chi connectivity index (χ0) is 18.7. The van der Waals surface area contributed by atoms with Crippen LogP contribution in [0.2, 0.25) is 0 Å². The van der Waals surface area contributed by atoms with Crippen molar-refractivity contribution in [2.24, 2.45) is 46.3 Å². The number of methoxy groups -OCH3 is 1. The third kappa shape index (κ3) is 2.52. The summed E-state index contributed by atoms with van der Waals surface area (Å²) in [5.74, 6) is 3.94. The molecule has 2 unspecified atom stereocenters. The molecule has 0 heterocycles. The summed E-state index contributed by atoms with van der Waals surface area (Å²) in [6, 6.07) is 0. The van der Waals surface area contributed by atoms with Crippen LogP contribution in [0.25, 0.3) is 0 Å². The molecule has 4 fully saturated rings. The minimum Gasteiger partial charge on any atom is -0.469 e. The molecular formula is C23H36O3. The van der Waals surface area contributed by atoms with Crippen molar-refractivity contribution in [1.82, 2.24) is 0 Å². The fraction of sp³-hybridized carbons (Fsp3) is 0.913. The van der Waals surface area contributed by atoms with E-state index in [-0.39, 0.29) is 11.9 Å². The van der Waals surface area contributed by atoms with Gasteiger partial charge in [0.15, 0.2) is 0 Å². The Morgan fingerprint density at radius 1 is 1.04 bits per heavy atom. The topological polar surface area (TPSA) is 43.4 Å². The van der Waals surface area contributed by atoms with E-state index >= 15 is 0 Å². The lowest BCUT2D eigenvalue weighted by Gasteiger charge is -2.60. The highest BCUT2D eigenvalue weighted by molar-refractivity contribution is 5.79. The maximum Gasteiger partial charge on any atom is 0.308 e. The molecule has 0 saturated heterocycles. The van der Waals surface area contributed by atoms with Gasteiger partial charge in [-0.25, -0.2) is 0 Å². The van der Waals surface area contributed by atoms with Gasteiger partial charge in [0.25, 0.3) is 0 Å². The number of carbonyl (C=O) groups is 2. The smallest absolute Gasteiger partial charge is 0.308 e. The lowest BCUT2D eigenvalue weighted by molar-refractivity contribution is -0.152. The van der Waals surface area contributed by atoms with Crippen molar-refractivity contribution in [3.05, 3.63) is 0 Å². The van der Waals surface area contributed by atoms with E-state index in [9.17, 15) is 9.59 Å². The summed E-state index contributed by atoms with van der Waals surface area (Å²) in [4.78, 5) is 24.2. The fourth-order valence-corrected chi connectivity index (χ4v) is 8.26. The summed E-state index contributed by atoms with van der Waals surface area (Å²) in [6.07, 6.45) is 10.3. The van der Waals surface area contributed by atoms with Crippen LogP contribution in [0.4, 0.5) is 0 Å². The summed E-state index contributed by atoms with van der Waals surface area (Å²) in [5.41, 5.74) is 0.673. The molecule has 0 aromatic rings. The molecule has 3 nitrogen and oxygen atoms in total. The van der Waals surface area contributed by atoms with E-state index in [1.54, 1.807) is 0 Å². The molecule has 0 amide bonds. The number of ether oxygens (including phenoxy) is 1. The van der Waals surface area contributed by atoms with Gasteiger partial charge in [-0.2, -0.15) is 0 Å². The zero-order valence-corrected chi connectivity index (χ0v) is 17.1. The largest absolute Gasteiger partial charge is 0.469 e. The van der Waals surface area contributed by atoms with Crippen LogP contribution in [-0.4, -0.2) is 18.9 Å².